The van der Waals surface area contributed by atoms with E-state index in [0.717, 1.165) is 37.3 Å². The maximum atomic E-state index is 5.59. The fourth-order valence-electron chi connectivity index (χ4n) is 1.26. The molecule has 0 aliphatic rings. The van der Waals surface area contributed by atoms with E-state index in [0.29, 0.717) is 5.88 Å². The van der Waals surface area contributed by atoms with E-state index in [1.165, 1.54) is 0 Å². The van der Waals surface area contributed by atoms with Crippen molar-refractivity contribution in [3.05, 3.63) is 17.8 Å². The van der Waals surface area contributed by atoms with Gasteiger partial charge in [-0.05, 0) is 19.8 Å². The first-order valence-corrected chi connectivity index (χ1v) is 5.82. The van der Waals surface area contributed by atoms with Crippen molar-refractivity contribution in [3.8, 4) is 0 Å². The minimum Gasteiger partial charge on any atom is -0.446 e. The standard InChI is InChI=1S/C11H18ClNO2/c1-9(14-2)5-6-10-8-13-11(15-10)4-3-7-12/h8-9H,3-7H2,1-2H3. The molecule has 0 bridgehead atoms. The molecular weight excluding hydrogens is 214 g/mol. The van der Waals surface area contributed by atoms with Crippen LogP contribution in [0.4, 0.5) is 0 Å². The van der Waals surface area contributed by atoms with Crippen LogP contribution in [-0.2, 0) is 17.6 Å². The number of ether oxygens (including phenoxy) is 1. The zero-order chi connectivity index (χ0) is 11.1. The number of aromatic nitrogens is 1. The van der Waals surface area contributed by atoms with Gasteiger partial charge in [0.2, 0.25) is 0 Å². The van der Waals surface area contributed by atoms with Gasteiger partial charge in [-0.2, -0.15) is 0 Å². The van der Waals surface area contributed by atoms with Crippen LogP contribution in [0.15, 0.2) is 10.6 Å². The SMILES string of the molecule is COC(C)CCc1cnc(CCCCl)o1. The topological polar surface area (TPSA) is 35.3 Å². The molecule has 1 aromatic rings. The number of methoxy groups -OCH3 is 1. The molecule has 0 aliphatic carbocycles. The lowest BCUT2D eigenvalue weighted by Gasteiger charge is -2.06. The Morgan fingerprint density at radius 3 is 3.00 bits per heavy atom. The van der Waals surface area contributed by atoms with Crippen molar-refractivity contribution >= 4 is 11.6 Å². The number of aryl methyl sites for hydroxylation is 2. The highest BCUT2D eigenvalue weighted by atomic mass is 35.5. The van der Waals surface area contributed by atoms with Crippen LogP contribution in [0.5, 0.6) is 0 Å². The highest BCUT2D eigenvalue weighted by Crippen LogP contribution is 2.10. The molecule has 1 unspecified atom stereocenters. The summed E-state index contributed by atoms with van der Waals surface area (Å²) in [4.78, 5) is 4.19. The van der Waals surface area contributed by atoms with E-state index in [9.17, 15) is 0 Å². The van der Waals surface area contributed by atoms with Crippen molar-refractivity contribution < 1.29 is 9.15 Å². The summed E-state index contributed by atoms with van der Waals surface area (Å²) in [5.74, 6) is 2.37. The van der Waals surface area contributed by atoms with Gasteiger partial charge in [-0.15, -0.1) is 11.6 Å². The molecular formula is C11H18ClNO2. The summed E-state index contributed by atoms with van der Waals surface area (Å²) in [7, 11) is 1.72. The van der Waals surface area contributed by atoms with Gasteiger partial charge in [0, 0.05) is 25.8 Å². The number of hydrogen-bond donors (Lipinski definition) is 0. The normalized spacial score (nSPS) is 13.0. The zero-order valence-corrected chi connectivity index (χ0v) is 10.1. The Balaban J connectivity index is 2.32. The van der Waals surface area contributed by atoms with Crippen LogP contribution in [0.3, 0.4) is 0 Å². The molecule has 0 saturated carbocycles. The smallest absolute Gasteiger partial charge is 0.194 e. The Bertz CT molecular complexity index is 275. The third-order valence-corrected chi connectivity index (χ3v) is 2.59. The van der Waals surface area contributed by atoms with Gasteiger partial charge in [0.1, 0.15) is 5.76 Å². The molecule has 1 rings (SSSR count). The third-order valence-electron chi connectivity index (χ3n) is 2.33. The Morgan fingerprint density at radius 1 is 1.53 bits per heavy atom. The lowest BCUT2D eigenvalue weighted by Crippen LogP contribution is -2.05. The molecule has 0 amide bonds. The molecule has 1 atom stereocenters. The van der Waals surface area contributed by atoms with Crippen LogP contribution in [0, 0.1) is 0 Å². The van der Waals surface area contributed by atoms with Gasteiger partial charge in [0.15, 0.2) is 5.89 Å². The minimum atomic E-state index is 0.265. The monoisotopic (exact) mass is 231 g/mol. The lowest BCUT2D eigenvalue weighted by atomic mass is 10.2. The Morgan fingerprint density at radius 2 is 2.33 bits per heavy atom. The van der Waals surface area contributed by atoms with E-state index in [4.69, 9.17) is 20.8 Å². The number of rotatable bonds is 7. The molecule has 0 N–H and O–H groups in total. The van der Waals surface area contributed by atoms with E-state index in [1.54, 1.807) is 13.3 Å². The second-order valence-electron chi connectivity index (χ2n) is 3.60. The Hall–Kier alpha value is -0.540. The molecule has 0 aromatic carbocycles. The average Bonchev–Trinajstić information content (AvgIpc) is 2.71. The van der Waals surface area contributed by atoms with Crippen molar-refractivity contribution in [2.45, 2.75) is 38.7 Å². The van der Waals surface area contributed by atoms with Gasteiger partial charge in [-0.3, -0.25) is 0 Å². The minimum absolute atomic E-state index is 0.265. The highest BCUT2D eigenvalue weighted by molar-refractivity contribution is 6.17. The number of halogens is 1. The van der Waals surface area contributed by atoms with Crippen LogP contribution in [0.1, 0.15) is 31.4 Å². The first kappa shape index (κ1) is 12.5. The fourth-order valence-corrected chi connectivity index (χ4v) is 1.39. The summed E-state index contributed by atoms with van der Waals surface area (Å²) < 4.78 is 10.7. The van der Waals surface area contributed by atoms with Crippen molar-refractivity contribution in [2.75, 3.05) is 13.0 Å². The number of oxazole rings is 1. The van der Waals surface area contributed by atoms with Crippen molar-refractivity contribution in [2.24, 2.45) is 0 Å². The van der Waals surface area contributed by atoms with Crippen LogP contribution < -0.4 is 0 Å². The van der Waals surface area contributed by atoms with Crippen LogP contribution in [0.25, 0.3) is 0 Å². The first-order chi connectivity index (χ1) is 7.26. The summed E-state index contributed by atoms with van der Waals surface area (Å²) in [6, 6.07) is 0. The van der Waals surface area contributed by atoms with Crippen LogP contribution in [0.2, 0.25) is 0 Å². The van der Waals surface area contributed by atoms with Crippen LogP contribution >= 0.6 is 11.6 Å². The average molecular weight is 232 g/mol. The number of nitrogens with zero attached hydrogens (tertiary/aromatic N) is 1. The van der Waals surface area contributed by atoms with Gasteiger partial charge in [0.25, 0.3) is 0 Å². The Kier molecular flexibility index (Phi) is 5.73. The molecule has 0 aliphatic heterocycles. The predicted octanol–water partition coefficient (Wildman–Crippen LogP) is 2.81. The van der Waals surface area contributed by atoms with Crippen molar-refractivity contribution in [1.29, 1.82) is 0 Å². The largest absolute Gasteiger partial charge is 0.446 e. The molecule has 0 fully saturated rings. The number of hydrogen-bond acceptors (Lipinski definition) is 3. The first-order valence-electron chi connectivity index (χ1n) is 5.28. The summed E-state index contributed by atoms with van der Waals surface area (Å²) in [6.07, 6.45) is 5.63. The van der Waals surface area contributed by atoms with E-state index < -0.39 is 0 Å². The molecule has 1 aromatic heterocycles. The van der Waals surface area contributed by atoms with E-state index in [1.807, 2.05) is 6.92 Å². The maximum absolute atomic E-state index is 5.59. The molecule has 1 heterocycles. The third kappa shape index (κ3) is 4.67. The molecule has 3 nitrogen and oxygen atoms in total. The second kappa shape index (κ2) is 6.85. The van der Waals surface area contributed by atoms with E-state index in [2.05, 4.69) is 4.98 Å². The van der Waals surface area contributed by atoms with Gasteiger partial charge in [-0.1, -0.05) is 0 Å². The Labute approximate surface area is 95.8 Å². The highest BCUT2D eigenvalue weighted by Gasteiger charge is 2.06. The lowest BCUT2D eigenvalue weighted by molar-refractivity contribution is 0.110. The fraction of sp³-hybridized carbons (Fsp3) is 0.727. The van der Waals surface area contributed by atoms with E-state index in [-0.39, 0.29) is 6.10 Å². The van der Waals surface area contributed by atoms with Gasteiger partial charge in [-0.25, -0.2) is 4.98 Å². The maximum Gasteiger partial charge on any atom is 0.194 e. The number of alkyl halides is 1. The van der Waals surface area contributed by atoms with Crippen molar-refractivity contribution in [1.82, 2.24) is 4.98 Å². The molecule has 0 radical (unpaired) electrons. The van der Waals surface area contributed by atoms with Gasteiger partial charge < -0.3 is 9.15 Å². The second-order valence-corrected chi connectivity index (χ2v) is 3.98. The zero-order valence-electron chi connectivity index (χ0n) is 9.33. The summed E-state index contributed by atoms with van der Waals surface area (Å²) in [6.45, 7) is 2.05. The molecule has 0 spiro atoms. The quantitative estimate of drug-likeness (QED) is 0.677. The van der Waals surface area contributed by atoms with E-state index >= 15 is 0 Å². The van der Waals surface area contributed by atoms with Crippen LogP contribution in [-0.4, -0.2) is 24.1 Å². The summed E-state index contributed by atoms with van der Waals surface area (Å²) >= 11 is 5.59. The van der Waals surface area contributed by atoms with Gasteiger partial charge in [0.05, 0.1) is 12.3 Å². The molecule has 0 saturated heterocycles. The predicted molar refractivity (Wildman–Crippen MR) is 60.3 cm³/mol. The summed E-state index contributed by atoms with van der Waals surface area (Å²) in [5, 5.41) is 0. The van der Waals surface area contributed by atoms with Crippen molar-refractivity contribution in [3.63, 3.8) is 0 Å². The molecule has 86 valence electrons. The van der Waals surface area contributed by atoms with Gasteiger partial charge >= 0.3 is 0 Å². The molecule has 4 heteroatoms. The summed E-state index contributed by atoms with van der Waals surface area (Å²) in [5.41, 5.74) is 0. The molecule has 15 heavy (non-hydrogen) atoms.